The number of anilines is 1. The molecule has 0 spiro atoms. The molecule has 148 valence electrons. The molecule has 1 aromatic heterocycles. The molecule has 1 N–H and O–H groups in total. The number of methoxy groups -OCH3 is 2. The molecule has 0 saturated heterocycles. The van der Waals surface area contributed by atoms with Crippen molar-refractivity contribution in [3.8, 4) is 28.6 Å². The maximum atomic E-state index is 12.5. The first-order valence-corrected chi connectivity index (χ1v) is 8.34. The van der Waals surface area contributed by atoms with Crippen molar-refractivity contribution in [3.05, 3.63) is 23.9 Å². The fourth-order valence-electron chi connectivity index (χ4n) is 2.47. The molecular weight excluding hydrogens is 363 g/mol. The van der Waals surface area contributed by atoms with Gasteiger partial charge in [-0.25, -0.2) is 4.98 Å². The van der Waals surface area contributed by atoms with E-state index < -0.39 is 6.36 Å². The van der Waals surface area contributed by atoms with E-state index in [4.69, 9.17) is 9.47 Å². The van der Waals surface area contributed by atoms with Gasteiger partial charge in [-0.05, 0) is 32.4 Å². The fraction of sp³-hybridized carbons (Fsp3) is 0.444. The van der Waals surface area contributed by atoms with Crippen LogP contribution in [0.5, 0.6) is 17.4 Å². The minimum absolute atomic E-state index is 0.147. The lowest BCUT2D eigenvalue weighted by atomic mass is 10.1. The number of nitrogens with one attached hydrogen (secondary N) is 1. The zero-order valence-corrected chi connectivity index (χ0v) is 15.8. The van der Waals surface area contributed by atoms with Gasteiger partial charge in [0.1, 0.15) is 17.2 Å². The zero-order chi connectivity index (χ0) is 20.2. The van der Waals surface area contributed by atoms with Crippen LogP contribution in [0.4, 0.5) is 19.0 Å². The molecule has 9 heteroatoms. The normalized spacial score (nSPS) is 11.4. The number of alkyl halides is 3. The minimum Gasteiger partial charge on any atom is -0.496 e. The van der Waals surface area contributed by atoms with E-state index in [0.717, 1.165) is 6.07 Å². The van der Waals surface area contributed by atoms with Crippen molar-refractivity contribution in [2.24, 2.45) is 0 Å². The molecule has 0 radical (unpaired) electrons. The number of rotatable bonds is 7. The van der Waals surface area contributed by atoms with E-state index in [2.05, 4.69) is 20.0 Å². The molecule has 0 atom stereocenters. The highest BCUT2D eigenvalue weighted by Gasteiger charge is 2.31. The Kier molecular flexibility index (Phi) is 6.35. The summed E-state index contributed by atoms with van der Waals surface area (Å²) in [6, 6.07) is 3.92. The summed E-state index contributed by atoms with van der Waals surface area (Å²) in [5, 5.41) is 3.21. The van der Waals surface area contributed by atoms with Gasteiger partial charge in [0.25, 0.3) is 0 Å². The van der Waals surface area contributed by atoms with Crippen LogP contribution in [-0.4, -0.2) is 36.6 Å². The number of halogens is 3. The van der Waals surface area contributed by atoms with Gasteiger partial charge in [-0.3, -0.25) is 0 Å². The lowest BCUT2D eigenvalue weighted by Crippen LogP contribution is -2.17. The van der Waals surface area contributed by atoms with Crippen molar-refractivity contribution in [2.45, 2.75) is 39.6 Å². The Morgan fingerprint density at radius 3 is 2.33 bits per heavy atom. The summed E-state index contributed by atoms with van der Waals surface area (Å²) < 4.78 is 51.9. The van der Waals surface area contributed by atoms with Crippen molar-refractivity contribution in [1.82, 2.24) is 9.97 Å². The standard InChI is InChI=1S/C18H22F3N3O3/c1-6-13-16(22-10(2)3)24-17(26-5)15(23-13)12-8-7-11(9-14(12)25-4)27-18(19,20)21/h7-10H,6H2,1-5H3,(H,22,24). The van der Waals surface area contributed by atoms with Crippen LogP contribution in [-0.2, 0) is 6.42 Å². The molecule has 0 aliphatic rings. The number of nitrogens with zero attached hydrogens (tertiary/aromatic N) is 2. The van der Waals surface area contributed by atoms with Gasteiger partial charge in [0.2, 0.25) is 5.88 Å². The van der Waals surface area contributed by atoms with E-state index in [-0.39, 0.29) is 23.4 Å². The summed E-state index contributed by atoms with van der Waals surface area (Å²) in [6.07, 6.45) is -4.18. The Bertz CT molecular complexity index is 795. The van der Waals surface area contributed by atoms with Gasteiger partial charge in [-0.2, -0.15) is 4.98 Å². The highest BCUT2D eigenvalue weighted by Crippen LogP contribution is 2.38. The molecule has 1 heterocycles. The highest BCUT2D eigenvalue weighted by atomic mass is 19.4. The maximum Gasteiger partial charge on any atom is 0.573 e. The number of hydrogen-bond acceptors (Lipinski definition) is 6. The molecule has 0 saturated carbocycles. The summed E-state index contributed by atoms with van der Waals surface area (Å²) in [7, 11) is 2.80. The van der Waals surface area contributed by atoms with Crippen molar-refractivity contribution in [2.75, 3.05) is 19.5 Å². The van der Waals surface area contributed by atoms with E-state index in [1.54, 1.807) is 0 Å². The van der Waals surface area contributed by atoms with Crippen molar-refractivity contribution in [1.29, 1.82) is 0 Å². The van der Waals surface area contributed by atoms with Crippen molar-refractivity contribution < 1.29 is 27.4 Å². The molecule has 2 aromatic rings. The lowest BCUT2D eigenvalue weighted by Gasteiger charge is -2.17. The summed E-state index contributed by atoms with van der Waals surface area (Å²) in [6.45, 7) is 5.89. The van der Waals surface area contributed by atoms with Crippen LogP contribution in [0.3, 0.4) is 0 Å². The van der Waals surface area contributed by atoms with E-state index >= 15 is 0 Å². The summed E-state index contributed by atoms with van der Waals surface area (Å²) in [4.78, 5) is 9.08. The van der Waals surface area contributed by atoms with Gasteiger partial charge in [-0.15, -0.1) is 13.2 Å². The van der Waals surface area contributed by atoms with E-state index in [1.165, 1.54) is 26.4 Å². The predicted octanol–water partition coefficient (Wildman–Crippen LogP) is 4.44. The van der Waals surface area contributed by atoms with Gasteiger partial charge in [0, 0.05) is 17.7 Å². The quantitative estimate of drug-likeness (QED) is 0.760. The Balaban J connectivity index is 2.56. The van der Waals surface area contributed by atoms with E-state index in [9.17, 15) is 13.2 Å². The Morgan fingerprint density at radius 1 is 1.11 bits per heavy atom. The number of ether oxygens (including phenoxy) is 3. The predicted molar refractivity (Wildman–Crippen MR) is 95.4 cm³/mol. The average molecular weight is 385 g/mol. The van der Waals surface area contributed by atoms with Crippen molar-refractivity contribution >= 4 is 5.82 Å². The van der Waals surface area contributed by atoms with Crippen molar-refractivity contribution in [3.63, 3.8) is 0 Å². The molecule has 0 aliphatic heterocycles. The molecule has 0 amide bonds. The van der Waals surface area contributed by atoms with Crippen LogP contribution in [0.25, 0.3) is 11.3 Å². The molecular formula is C18H22F3N3O3. The van der Waals surface area contributed by atoms with Gasteiger partial charge in [0.15, 0.2) is 5.82 Å². The number of benzene rings is 1. The largest absolute Gasteiger partial charge is 0.573 e. The van der Waals surface area contributed by atoms with E-state index in [1.807, 2.05) is 20.8 Å². The second-order valence-electron chi connectivity index (χ2n) is 5.94. The van der Waals surface area contributed by atoms with Gasteiger partial charge >= 0.3 is 6.36 Å². The minimum atomic E-state index is -4.79. The molecule has 0 fully saturated rings. The van der Waals surface area contributed by atoms with Gasteiger partial charge < -0.3 is 19.5 Å². The Morgan fingerprint density at radius 2 is 1.81 bits per heavy atom. The molecule has 0 unspecified atom stereocenters. The topological polar surface area (TPSA) is 65.5 Å². The van der Waals surface area contributed by atoms with Crippen LogP contribution >= 0.6 is 0 Å². The number of aromatic nitrogens is 2. The summed E-state index contributed by atoms with van der Waals surface area (Å²) >= 11 is 0. The first-order chi connectivity index (χ1) is 12.7. The Hall–Kier alpha value is -2.71. The Labute approximate surface area is 155 Å². The van der Waals surface area contributed by atoms with E-state index in [0.29, 0.717) is 29.2 Å². The van der Waals surface area contributed by atoms with Crippen LogP contribution in [0.2, 0.25) is 0 Å². The SMILES string of the molecule is CCc1nc(-c2ccc(OC(F)(F)F)cc2OC)c(OC)nc1NC(C)C. The molecule has 0 aliphatic carbocycles. The molecule has 27 heavy (non-hydrogen) atoms. The third-order valence-corrected chi connectivity index (χ3v) is 3.55. The smallest absolute Gasteiger partial charge is 0.496 e. The highest BCUT2D eigenvalue weighted by molar-refractivity contribution is 5.73. The van der Waals surface area contributed by atoms with Gasteiger partial charge in [0.05, 0.1) is 19.9 Å². The van der Waals surface area contributed by atoms with Crippen LogP contribution in [0.1, 0.15) is 26.5 Å². The first kappa shape index (κ1) is 20.6. The van der Waals surface area contributed by atoms with Crippen LogP contribution < -0.4 is 19.5 Å². The monoisotopic (exact) mass is 385 g/mol. The van der Waals surface area contributed by atoms with Gasteiger partial charge in [-0.1, -0.05) is 6.92 Å². The fourth-order valence-corrected chi connectivity index (χ4v) is 2.47. The first-order valence-electron chi connectivity index (χ1n) is 8.34. The van der Waals surface area contributed by atoms with Crippen LogP contribution in [0.15, 0.2) is 18.2 Å². The second-order valence-corrected chi connectivity index (χ2v) is 5.94. The molecule has 1 aromatic carbocycles. The number of aryl methyl sites for hydroxylation is 1. The summed E-state index contributed by atoms with van der Waals surface area (Å²) in [5.41, 5.74) is 1.53. The molecule has 6 nitrogen and oxygen atoms in total. The molecule has 0 bridgehead atoms. The number of hydrogen-bond donors (Lipinski definition) is 1. The lowest BCUT2D eigenvalue weighted by molar-refractivity contribution is -0.274. The summed E-state index contributed by atoms with van der Waals surface area (Å²) in [5.74, 6) is 0.613. The zero-order valence-electron chi connectivity index (χ0n) is 15.8. The third-order valence-electron chi connectivity index (χ3n) is 3.55. The molecule has 2 rings (SSSR count). The second kappa shape index (κ2) is 8.32. The third kappa shape index (κ3) is 5.15. The van der Waals surface area contributed by atoms with Crippen LogP contribution in [0, 0.1) is 0 Å². The maximum absolute atomic E-state index is 12.5. The average Bonchev–Trinajstić information content (AvgIpc) is 2.59.